The average Bonchev–Trinajstić information content (AvgIpc) is 3.18. The molecule has 0 unspecified atom stereocenters. The number of halogens is 1. The molecule has 146 valence electrons. The maximum atomic E-state index is 12.8. The highest BCUT2D eigenvalue weighted by Crippen LogP contribution is 2.26. The third kappa shape index (κ3) is 3.31. The van der Waals surface area contributed by atoms with Crippen molar-refractivity contribution >= 4 is 43.8 Å². The Bertz CT molecular complexity index is 1460. The third-order valence-electron chi connectivity index (χ3n) is 4.72. The van der Waals surface area contributed by atoms with Crippen molar-refractivity contribution in [3.63, 3.8) is 0 Å². The van der Waals surface area contributed by atoms with E-state index in [9.17, 15) is 9.59 Å². The number of esters is 1. The van der Waals surface area contributed by atoms with E-state index in [1.165, 1.54) is 12.3 Å². The lowest BCUT2D eigenvalue weighted by Crippen LogP contribution is -2.08. The molecule has 0 saturated carbocycles. The first-order valence-electron chi connectivity index (χ1n) is 9.11. The van der Waals surface area contributed by atoms with Crippen LogP contribution in [-0.4, -0.2) is 5.97 Å². The molecule has 0 fully saturated rings. The molecule has 0 radical (unpaired) electrons. The van der Waals surface area contributed by atoms with Gasteiger partial charge in [-0.05, 0) is 42.0 Å². The molecule has 0 N–H and O–H groups in total. The summed E-state index contributed by atoms with van der Waals surface area (Å²) in [5, 5.41) is 1.19. The summed E-state index contributed by atoms with van der Waals surface area (Å²) in [7, 11) is 0. The number of carbonyl (C=O) groups excluding carboxylic acids is 1. The standard InChI is InChI=1S/C24H13BrO5/c25-16-6-9-20-15(10-16)11-22(30-20)24(27)29-17-7-8-18-21(12-17)28-13-19(23(18)26)14-4-2-1-3-5-14/h1-13H. The first-order chi connectivity index (χ1) is 14.6. The van der Waals surface area contributed by atoms with Crippen LogP contribution in [0.25, 0.3) is 33.1 Å². The van der Waals surface area contributed by atoms with Gasteiger partial charge in [-0.2, -0.15) is 0 Å². The van der Waals surface area contributed by atoms with Crippen molar-refractivity contribution in [1.82, 2.24) is 0 Å². The van der Waals surface area contributed by atoms with Crippen LogP contribution in [0.15, 0.2) is 97.2 Å². The van der Waals surface area contributed by atoms with Crippen LogP contribution in [0.1, 0.15) is 10.6 Å². The number of fused-ring (bicyclic) bond motifs is 2. The van der Waals surface area contributed by atoms with Crippen molar-refractivity contribution in [3.8, 4) is 16.9 Å². The van der Waals surface area contributed by atoms with E-state index < -0.39 is 5.97 Å². The number of hydrogen-bond donors (Lipinski definition) is 0. The molecule has 2 heterocycles. The van der Waals surface area contributed by atoms with Crippen LogP contribution in [0.4, 0.5) is 0 Å². The molecule has 2 aromatic heterocycles. The van der Waals surface area contributed by atoms with Gasteiger partial charge in [-0.25, -0.2) is 4.79 Å². The minimum atomic E-state index is -0.634. The van der Waals surface area contributed by atoms with E-state index in [0.29, 0.717) is 22.1 Å². The largest absolute Gasteiger partial charge is 0.463 e. The Morgan fingerprint density at radius 1 is 0.900 bits per heavy atom. The third-order valence-corrected chi connectivity index (χ3v) is 5.21. The summed E-state index contributed by atoms with van der Waals surface area (Å²) in [6.45, 7) is 0. The van der Waals surface area contributed by atoms with E-state index in [0.717, 1.165) is 15.4 Å². The molecule has 5 rings (SSSR count). The molecule has 0 bridgehead atoms. The molecule has 3 aromatic carbocycles. The number of furan rings is 1. The number of ether oxygens (including phenoxy) is 1. The van der Waals surface area contributed by atoms with Crippen LogP contribution >= 0.6 is 15.9 Å². The van der Waals surface area contributed by atoms with E-state index in [2.05, 4.69) is 15.9 Å². The van der Waals surface area contributed by atoms with Crippen LogP contribution in [0.5, 0.6) is 5.75 Å². The predicted molar refractivity (Wildman–Crippen MR) is 117 cm³/mol. The molecule has 0 aliphatic carbocycles. The smallest absolute Gasteiger partial charge is 0.379 e. The Hall–Kier alpha value is -3.64. The van der Waals surface area contributed by atoms with Gasteiger partial charge in [0, 0.05) is 15.9 Å². The maximum Gasteiger partial charge on any atom is 0.379 e. The zero-order chi connectivity index (χ0) is 20.7. The van der Waals surface area contributed by atoms with E-state index >= 15 is 0 Å². The van der Waals surface area contributed by atoms with Gasteiger partial charge in [-0.1, -0.05) is 46.3 Å². The van der Waals surface area contributed by atoms with Gasteiger partial charge in [-0.3, -0.25) is 4.79 Å². The molecule has 0 saturated heterocycles. The number of hydrogen-bond acceptors (Lipinski definition) is 5. The molecule has 30 heavy (non-hydrogen) atoms. The minimum absolute atomic E-state index is 0.0871. The quantitative estimate of drug-likeness (QED) is 0.237. The highest BCUT2D eigenvalue weighted by atomic mass is 79.9. The lowest BCUT2D eigenvalue weighted by Gasteiger charge is -2.05. The lowest BCUT2D eigenvalue weighted by atomic mass is 10.1. The fraction of sp³-hybridized carbons (Fsp3) is 0. The molecule has 0 atom stereocenters. The number of benzene rings is 3. The monoisotopic (exact) mass is 460 g/mol. The van der Waals surface area contributed by atoms with Crippen LogP contribution in [-0.2, 0) is 0 Å². The Balaban J connectivity index is 1.46. The summed E-state index contributed by atoms with van der Waals surface area (Å²) in [6, 6.07) is 21.0. The summed E-state index contributed by atoms with van der Waals surface area (Å²) >= 11 is 3.39. The van der Waals surface area contributed by atoms with Crippen LogP contribution in [0, 0.1) is 0 Å². The van der Waals surface area contributed by atoms with Gasteiger partial charge >= 0.3 is 5.97 Å². The van der Waals surface area contributed by atoms with Crippen molar-refractivity contribution in [3.05, 3.63) is 99.5 Å². The molecule has 0 spiro atoms. The second kappa shape index (κ2) is 7.31. The van der Waals surface area contributed by atoms with Gasteiger partial charge in [0.05, 0.1) is 10.9 Å². The molecule has 0 amide bonds. The Morgan fingerprint density at radius 2 is 1.73 bits per heavy atom. The SMILES string of the molecule is O=C(Oc1ccc2c(=O)c(-c3ccccc3)coc2c1)c1cc2cc(Br)ccc2o1. The normalized spacial score (nSPS) is 11.1. The molecule has 0 aliphatic heterocycles. The van der Waals surface area contributed by atoms with Crippen molar-refractivity contribution in [1.29, 1.82) is 0 Å². The van der Waals surface area contributed by atoms with Crippen molar-refractivity contribution < 1.29 is 18.4 Å². The Kier molecular flexibility index (Phi) is 4.48. The summed E-state index contributed by atoms with van der Waals surface area (Å²) in [5.74, 6) is -0.293. The lowest BCUT2D eigenvalue weighted by molar-refractivity contribution is 0.0704. The summed E-state index contributed by atoms with van der Waals surface area (Å²) < 4.78 is 17.5. The van der Waals surface area contributed by atoms with Gasteiger partial charge in [0.1, 0.15) is 23.2 Å². The van der Waals surface area contributed by atoms with Crippen LogP contribution in [0.2, 0.25) is 0 Å². The zero-order valence-electron chi connectivity index (χ0n) is 15.4. The van der Waals surface area contributed by atoms with E-state index in [4.69, 9.17) is 13.6 Å². The van der Waals surface area contributed by atoms with Gasteiger partial charge in [0.15, 0.2) is 5.43 Å². The second-order valence-electron chi connectivity index (χ2n) is 6.68. The number of rotatable bonds is 3. The van der Waals surface area contributed by atoms with E-state index in [-0.39, 0.29) is 16.9 Å². The molecule has 5 aromatic rings. The molecule has 5 nitrogen and oxygen atoms in total. The average molecular weight is 461 g/mol. The summed E-state index contributed by atoms with van der Waals surface area (Å²) in [5.41, 5.74) is 2.02. The Labute approximate surface area is 178 Å². The van der Waals surface area contributed by atoms with Gasteiger partial charge in [0.25, 0.3) is 0 Å². The van der Waals surface area contributed by atoms with Crippen LogP contribution < -0.4 is 10.2 Å². The maximum absolute atomic E-state index is 12.8. The Morgan fingerprint density at radius 3 is 2.57 bits per heavy atom. The minimum Gasteiger partial charge on any atom is -0.463 e. The fourth-order valence-corrected chi connectivity index (χ4v) is 3.64. The predicted octanol–water partition coefficient (Wildman–Crippen LogP) is 6.19. The van der Waals surface area contributed by atoms with Gasteiger partial charge < -0.3 is 13.6 Å². The molecule has 0 aliphatic rings. The topological polar surface area (TPSA) is 69.7 Å². The van der Waals surface area contributed by atoms with Gasteiger partial charge in [-0.15, -0.1) is 0 Å². The summed E-state index contributed by atoms with van der Waals surface area (Å²) in [6.07, 6.45) is 1.42. The van der Waals surface area contributed by atoms with Gasteiger partial charge in [0.2, 0.25) is 5.76 Å². The van der Waals surface area contributed by atoms with E-state index in [1.807, 2.05) is 42.5 Å². The van der Waals surface area contributed by atoms with E-state index in [1.54, 1.807) is 24.3 Å². The first-order valence-corrected chi connectivity index (χ1v) is 9.90. The molecular formula is C24H13BrO5. The zero-order valence-corrected chi connectivity index (χ0v) is 17.0. The number of carbonyl (C=O) groups is 1. The highest BCUT2D eigenvalue weighted by molar-refractivity contribution is 9.10. The second-order valence-corrected chi connectivity index (χ2v) is 7.60. The van der Waals surface area contributed by atoms with Crippen molar-refractivity contribution in [2.24, 2.45) is 0 Å². The highest BCUT2D eigenvalue weighted by Gasteiger charge is 2.16. The molecule has 6 heteroatoms. The van der Waals surface area contributed by atoms with Crippen molar-refractivity contribution in [2.75, 3.05) is 0 Å². The fourth-order valence-electron chi connectivity index (χ4n) is 3.26. The molecular weight excluding hydrogens is 448 g/mol. The van der Waals surface area contributed by atoms with Crippen LogP contribution in [0.3, 0.4) is 0 Å². The summed E-state index contributed by atoms with van der Waals surface area (Å²) in [4.78, 5) is 25.3. The first kappa shape index (κ1) is 18.4. The van der Waals surface area contributed by atoms with Crippen molar-refractivity contribution in [2.45, 2.75) is 0 Å².